The Morgan fingerprint density at radius 1 is 1.32 bits per heavy atom. The Morgan fingerprint density at radius 3 is 2.68 bits per heavy atom. The highest BCUT2D eigenvalue weighted by Crippen LogP contribution is 2.62. The zero-order chi connectivity index (χ0) is 13.3. The summed E-state index contributed by atoms with van der Waals surface area (Å²) in [6.45, 7) is 0. The van der Waals surface area contributed by atoms with E-state index in [1.165, 1.54) is 32.1 Å². The van der Waals surface area contributed by atoms with Crippen molar-refractivity contribution in [3.63, 3.8) is 0 Å². The number of imidazole rings is 1. The van der Waals surface area contributed by atoms with Crippen molar-refractivity contribution in [3.8, 4) is 0 Å². The Kier molecular flexibility index (Phi) is 2.05. The third-order valence-corrected chi connectivity index (χ3v) is 5.59. The first-order valence-electron chi connectivity index (χ1n) is 7.15. The average molecular weight is 259 g/mol. The van der Waals surface area contributed by atoms with Gasteiger partial charge in [0.25, 0.3) is 0 Å². The molecule has 1 aromatic rings. The third kappa shape index (κ3) is 1.24. The second-order valence-electron chi connectivity index (χ2n) is 6.58. The van der Waals surface area contributed by atoms with Gasteiger partial charge in [0.2, 0.25) is 0 Å². The fourth-order valence-corrected chi connectivity index (χ4v) is 4.52. The van der Waals surface area contributed by atoms with Crippen molar-refractivity contribution in [2.45, 2.75) is 37.8 Å². The second-order valence-corrected chi connectivity index (χ2v) is 6.58. The molecule has 3 aliphatic rings. The Hall–Kier alpha value is -1.36. The highest BCUT2D eigenvalue weighted by molar-refractivity contribution is 5.81. The molecule has 1 aliphatic heterocycles. The van der Waals surface area contributed by atoms with E-state index in [-0.39, 0.29) is 5.41 Å². The number of hydrogen-bond donors (Lipinski definition) is 1. The Morgan fingerprint density at radius 2 is 2.05 bits per heavy atom. The topological polar surface area (TPSA) is 59.4 Å². The summed E-state index contributed by atoms with van der Waals surface area (Å²) in [4.78, 5) is 11.4. The van der Waals surface area contributed by atoms with Crippen molar-refractivity contribution in [2.75, 3.05) is 11.9 Å². The summed E-state index contributed by atoms with van der Waals surface area (Å²) >= 11 is 0. The molecule has 102 valence electrons. The molecule has 5 heteroatoms. The van der Waals surface area contributed by atoms with Crippen LogP contribution in [-0.2, 0) is 12.7 Å². The summed E-state index contributed by atoms with van der Waals surface area (Å²) in [5.74, 6) is 1.95. The van der Waals surface area contributed by atoms with E-state index < -0.39 is 5.66 Å². The first-order valence-corrected chi connectivity index (χ1v) is 7.15. The molecule has 0 amide bonds. The fourth-order valence-electron chi connectivity index (χ4n) is 4.52. The Balaban J connectivity index is 1.89. The number of nitrogens with zero attached hydrogens (tertiary/aromatic N) is 4. The number of anilines is 1. The van der Waals surface area contributed by atoms with Gasteiger partial charge >= 0.3 is 0 Å². The molecule has 4 rings (SSSR count). The minimum atomic E-state index is -0.624. The lowest BCUT2D eigenvalue weighted by Gasteiger charge is -2.44. The fraction of sp³-hybridized carbons (Fsp3) is 0.714. The second kappa shape index (κ2) is 3.39. The number of aliphatic imine (C=N–C) groups is 1. The lowest BCUT2D eigenvalue weighted by molar-refractivity contribution is 0.129. The molecule has 0 radical (unpaired) electrons. The molecule has 2 saturated carbocycles. The van der Waals surface area contributed by atoms with Crippen LogP contribution in [0.15, 0.2) is 11.3 Å². The smallest absolute Gasteiger partial charge is 0.161 e. The lowest BCUT2D eigenvalue weighted by atomic mass is 9.71. The molecule has 19 heavy (non-hydrogen) atoms. The molecule has 2 N–H and O–H groups in total. The molecule has 2 fully saturated rings. The van der Waals surface area contributed by atoms with Crippen LogP contribution in [0.4, 0.5) is 5.82 Å². The molecule has 1 aromatic heterocycles. The maximum atomic E-state index is 6.82. The van der Waals surface area contributed by atoms with Gasteiger partial charge in [0.05, 0.1) is 12.7 Å². The van der Waals surface area contributed by atoms with Crippen LogP contribution >= 0.6 is 0 Å². The van der Waals surface area contributed by atoms with E-state index in [0.29, 0.717) is 0 Å². The summed E-state index contributed by atoms with van der Waals surface area (Å²) in [6, 6.07) is 0. The standard InChI is InChI=1S/C14H21N5/c1-18-8-16-11-12(18)19(2)9-17-14(11,15)13-5-3-10(7-13)4-6-13/h8-10H,3-7,15H2,1-2H3. The number of nitrogens with two attached hydrogens (primary N) is 1. The molecule has 0 spiro atoms. The number of aryl methyl sites for hydroxylation is 1. The van der Waals surface area contributed by atoms with Gasteiger partial charge in [-0.15, -0.1) is 0 Å². The van der Waals surface area contributed by atoms with Crippen LogP contribution in [0.1, 0.15) is 37.8 Å². The SMILES string of the molecule is CN1C=NC(N)(C23CCC(CC2)C3)c2ncn(C)c21. The predicted molar refractivity (Wildman–Crippen MR) is 75.0 cm³/mol. The summed E-state index contributed by atoms with van der Waals surface area (Å²) in [5, 5.41) is 0. The van der Waals surface area contributed by atoms with E-state index in [2.05, 4.69) is 4.98 Å². The number of hydrogen-bond acceptors (Lipinski definition) is 4. The van der Waals surface area contributed by atoms with Crippen LogP contribution in [0.3, 0.4) is 0 Å². The van der Waals surface area contributed by atoms with Crippen molar-refractivity contribution in [1.82, 2.24) is 9.55 Å². The van der Waals surface area contributed by atoms with E-state index in [1.807, 2.05) is 36.2 Å². The van der Waals surface area contributed by atoms with Crippen LogP contribution in [-0.4, -0.2) is 22.9 Å². The highest BCUT2D eigenvalue weighted by Gasteiger charge is 2.59. The summed E-state index contributed by atoms with van der Waals surface area (Å²) < 4.78 is 2.04. The molecule has 0 aromatic carbocycles. The van der Waals surface area contributed by atoms with Crippen molar-refractivity contribution < 1.29 is 0 Å². The quantitative estimate of drug-likeness (QED) is 0.833. The number of aromatic nitrogens is 2. The number of fused-ring (bicyclic) bond motifs is 3. The van der Waals surface area contributed by atoms with Gasteiger partial charge in [0.15, 0.2) is 5.66 Å². The molecular weight excluding hydrogens is 238 g/mol. The van der Waals surface area contributed by atoms with E-state index in [0.717, 1.165) is 17.4 Å². The molecule has 1 unspecified atom stereocenters. The van der Waals surface area contributed by atoms with Gasteiger partial charge in [-0.1, -0.05) is 0 Å². The normalized spacial score (nSPS) is 39.9. The highest BCUT2D eigenvalue weighted by atomic mass is 15.3. The summed E-state index contributed by atoms with van der Waals surface area (Å²) in [6.07, 6.45) is 9.98. The molecule has 0 saturated heterocycles. The molecule has 2 heterocycles. The van der Waals surface area contributed by atoms with Crippen molar-refractivity contribution in [1.29, 1.82) is 0 Å². The maximum absolute atomic E-state index is 6.82. The van der Waals surface area contributed by atoms with Gasteiger partial charge in [-0.3, -0.25) is 0 Å². The molecule has 5 nitrogen and oxygen atoms in total. The van der Waals surface area contributed by atoms with Crippen molar-refractivity contribution in [3.05, 3.63) is 12.0 Å². The summed E-state index contributed by atoms with van der Waals surface area (Å²) in [7, 11) is 4.03. The van der Waals surface area contributed by atoms with Crippen LogP contribution in [0.5, 0.6) is 0 Å². The monoisotopic (exact) mass is 259 g/mol. The predicted octanol–water partition coefficient (Wildman–Crippen LogP) is 1.59. The summed E-state index contributed by atoms with van der Waals surface area (Å²) in [5.41, 5.74) is 7.30. The van der Waals surface area contributed by atoms with Gasteiger partial charge in [0, 0.05) is 19.5 Å². The minimum Gasteiger partial charge on any atom is -0.320 e. The van der Waals surface area contributed by atoms with Crippen LogP contribution < -0.4 is 10.6 Å². The largest absolute Gasteiger partial charge is 0.320 e. The minimum absolute atomic E-state index is 0.137. The van der Waals surface area contributed by atoms with E-state index in [9.17, 15) is 0 Å². The van der Waals surface area contributed by atoms with Gasteiger partial charge in [-0.05, 0) is 38.0 Å². The van der Waals surface area contributed by atoms with Gasteiger partial charge < -0.3 is 15.2 Å². The Labute approximate surface area is 113 Å². The van der Waals surface area contributed by atoms with Crippen LogP contribution in [0, 0.1) is 11.3 Å². The van der Waals surface area contributed by atoms with E-state index >= 15 is 0 Å². The van der Waals surface area contributed by atoms with E-state index in [1.54, 1.807) is 0 Å². The molecule has 2 bridgehead atoms. The lowest BCUT2D eigenvalue weighted by Crippen LogP contribution is -2.52. The van der Waals surface area contributed by atoms with Crippen molar-refractivity contribution in [2.24, 2.45) is 29.1 Å². The van der Waals surface area contributed by atoms with E-state index in [4.69, 9.17) is 10.7 Å². The molecule has 2 aliphatic carbocycles. The average Bonchev–Trinajstić information content (AvgIpc) is 3.09. The van der Waals surface area contributed by atoms with Gasteiger partial charge in [0.1, 0.15) is 11.5 Å². The number of rotatable bonds is 1. The zero-order valence-electron chi connectivity index (χ0n) is 11.6. The zero-order valence-corrected chi connectivity index (χ0v) is 11.6. The first-order chi connectivity index (χ1) is 9.06. The van der Waals surface area contributed by atoms with Crippen LogP contribution in [0.2, 0.25) is 0 Å². The van der Waals surface area contributed by atoms with Crippen molar-refractivity contribution >= 4 is 12.2 Å². The van der Waals surface area contributed by atoms with Gasteiger partial charge in [-0.25, -0.2) is 9.98 Å². The molecular formula is C14H21N5. The van der Waals surface area contributed by atoms with Gasteiger partial charge in [-0.2, -0.15) is 0 Å². The maximum Gasteiger partial charge on any atom is 0.161 e. The first kappa shape index (κ1) is 11.5. The third-order valence-electron chi connectivity index (χ3n) is 5.59. The molecule has 1 atom stereocenters. The Bertz CT molecular complexity index is 552. The van der Waals surface area contributed by atoms with Crippen LogP contribution in [0.25, 0.3) is 0 Å².